The summed E-state index contributed by atoms with van der Waals surface area (Å²) in [6.45, 7) is 5.84. The van der Waals surface area contributed by atoms with Crippen LogP contribution >= 0.6 is 0 Å². The zero-order chi connectivity index (χ0) is 15.9. The standard InChI is InChI=1S/C16H27NO4/c1-16(2,3)21-15(20)11-17-13-9-7-12(8-10-13)5-4-6-14(18)19/h4,6,12-13,17H,5,7-11H2,1-3H3,(H,18,19). The first-order valence-corrected chi connectivity index (χ1v) is 7.61. The normalized spacial score (nSPS) is 23.2. The number of ether oxygens (including phenoxy) is 1. The van der Waals surface area contributed by atoms with Crippen molar-refractivity contribution in [1.29, 1.82) is 0 Å². The minimum atomic E-state index is -0.886. The molecule has 1 aliphatic carbocycles. The van der Waals surface area contributed by atoms with Crippen molar-refractivity contribution in [2.24, 2.45) is 5.92 Å². The van der Waals surface area contributed by atoms with E-state index < -0.39 is 11.6 Å². The van der Waals surface area contributed by atoms with Gasteiger partial charge in [-0.05, 0) is 58.8 Å². The zero-order valence-corrected chi connectivity index (χ0v) is 13.2. The predicted octanol–water partition coefficient (Wildman–Crippen LogP) is 2.51. The Bertz CT molecular complexity index is 376. The highest BCUT2D eigenvalue weighted by atomic mass is 16.6. The molecule has 0 amide bonds. The Labute approximate surface area is 126 Å². The van der Waals surface area contributed by atoms with E-state index in [0.717, 1.165) is 32.1 Å². The molecule has 5 heteroatoms. The molecule has 1 saturated carbocycles. The summed E-state index contributed by atoms with van der Waals surface area (Å²) in [6, 6.07) is 0.359. The fourth-order valence-corrected chi connectivity index (χ4v) is 2.57. The molecule has 0 aromatic carbocycles. The Hall–Kier alpha value is -1.36. The van der Waals surface area contributed by atoms with Crippen LogP contribution in [0.3, 0.4) is 0 Å². The SMILES string of the molecule is CC(C)(C)OC(=O)CNC1CCC(CC=CC(=O)O)CC1. The number of carbonyl (C=O) groups excluding carboxylic acids is 1. The molecule has 0 aromatic heterocycles. The number of carboxylic acid groups (broad SMARTS) is 1. The quantitative estimate of drug-likeness (QED) is 0.582. The Morgan fingerprint density at radius 3 is 2.38 bits per heavy atom. The number of allylic oxidation sites excluding steroid dienone is 1. The van der Waals surface area contributed by atoms with Gasteiger partial charge in [-0.25, -0.2) is 4.79 Å². The minimum Gasteiger partial charge on any atom is -0.478 e. The number of aliphatic carboxylic acids is 1. The van der Waals surface area contributed by atoms with E-state index in [1.54, 1.807) is 6.08 Å². The van der Waals surface area contributed by atoms with E-state index in [4.69, 9.17) is 9.84 Å². The van der Waals surface area contributed by atoms with E-state index >= 15 is 0 Å². The Balaban J connectivity index is 2.19. The van der Waals surface area contributed by atoms with E-state index in [0.29, 0.717) is 12.0 Å². The Morgan fingerprint density at radius 2 is 1.86 bits per heavy atom. The van der Waals surface area contributed by atoms with Gasteiger partial charge in [0.25, 0.3) is 0 Å². The van der Waals surface area contributed by atoms with Gasteiger partial charge in [0.1, 0.15) is 5.60 Å². The summed E-state index contributed by atoms with van der Waals surface area (Å²) in [7, 11) is 0. The topological polar surface area (TPSA) is 75.6 Å². The summed E-state index contributed by atoms with van der Waals surface area (Å²) in [5, 5.41) is 11.8. The lowest BCUT2D eigenvalue weighted by molar-refractivity contribution is -0.153. The highest BCUT2D eigenvalue weighted by molar-refractivity contribution is 5.79. The summed E-state index contributed by atoms with van der Waals surface area (Å²) in [4.78, 5) is 22.0. The van der Waals surface area contributed by atoms with Crippen molar-refractivity contribution in [2.75, 3.05) is 6.54 Å². The first-order chi connectivity index (χ1) is 9.76. The van der Waals surface area contributed by atoms with Crippen LogP contribution in [0.1, 0.15) is 52.9 Å². The first-order valence-electron chi connectivity index (χ1n) is 7.61. The fraction of sp³-hybridized carbons (Fsp3) is 0.750. The maximum absolute atomic E-state index is 11.6. The number of rotatable bonds is 6. The second-order valence-corrected chi connectivity index (χ2v) is 6.66. The van der Waals surface area contributed by atoms with E-state index in [-0.39, 0.29) is 12.5 Å². The molecule has 21 heavy (non-hydrogen) atoms. The molecule has 5 nitrogen and oxygen atoms in total. The second kappa shape index (κ2) is 8.17. The number of esters is 1. The average Bonchev–Trinajstić information content (AvgIpc) is 2.35. The summed E-state index contributed by atoms with van der Waals surface area (Å²) in [5.74, 6) is -0.545. The molecular weight excluding hydrogens is 270 g/mol. The molecule has 120 valence electrons. The molecule has 2 N–H and O–H groups in total. The Morgan fingerprint density at radius 1 is 1.24 bits per heavy atom. The van der Waals surface area contributed by atoms with Gasteiger partial charge < -0.3 is 15.2 Å². The van der Waals surface area contributed by atoms with Crippen LogP contribution in [-0.2, 0) is 14.3 Å². The van der Waals surface area contributed by atoms with Crippen LogP contribution in [0, 0.1) is 5.92 Å². The van der Waals surface area contributed by atoms with Gasteiger partial charge in [-0.15, -0.1) is 0 Å². The van der Waals surface area contributed by atoms with Gasteiger partial charge in [0.2, 0.25) is 0 Å². The highest BCUT2D eigenvalue weighted by Crippen LogP contribution is 2.27. The number of nitrogens with one attached hydrogen (secondary N) is 1. The van der Waals surface area contributed by atoms with Gasteiger partial charge in [-0.1, -0.05) is 6.08 Å². The van der Waals surface area contributed by atoms with Crippen molar-refractivity contribution in [3.8, 4) is 0 Å². The van der Waals surface area contributed by atoms with Crippen LogP contribution in [0.15, 0.2) is 12.2 Å². The van der Waals surface area contributed by atoms with Gasteiger partial charge in [0.05, 0.1) is 6.54 Å². The number of hydrogen-bond acceptors (Lipinski definition) is 4. The second-order valence-electron chi connectivity index (χ2n) is 6.66. The molecule has 1 rings (SSSR count). The third kappa shape index (κ3) is 8.50. The van der Waals surface area contributed by atoms with Crippen LogP contribution in [0.25, 0.3) is 0 Å². The van der Waals surface area contributed by atoms with Crippen LogP contribution in [-0.4, -0.2) is 35.2 Å². The Kier molecular flexibility index (Phi) is 6.89. The lowest BCUT2D eigenvalue weighted by atomic mass is 9.84. The van der Waals surface area contributed by atoms with Crippen LogP contribution in [0.5, 0.6) is 0 Å². The van der Waals surface area contributed by atoms with Crippen molar-refractivity contribution in [1.82, 2.24) is 5.32 Å². The molecule has 1 aliphatic rings. The molecule has 0 unspecified atom stereocenters. The molecule has 0 radical (unpaired) electrons. The fourth-order valence-electron chi connectivity index (χ4n) is 2.57. The third-order valence-corrected chi connectivity index (χ3v) is 3.53. The molecule has 1 fully saturated rings. The summed E-state index contributed by atoms with van der Waals surface area (Å²) >= 11 is 0. The predicted molar refractivity (Wildman–Crippen MR) is 81.0 cm³/mol. The monoisotopic (exact) mass is 297 g/mol. The lowest BCUT2D eigenvalue weighted by Crippen LogP contribution is -2.39. The molecule has 0 heterocycles. The van der Waals surface area contributed by atoms with E-state index in [1.807, 2.05) is 20.8 Å². The average molecular weight is 297 g/mol. The van der Waals surface area contributed by atoms with E-state index in [1.165, 1.54) is 6.08 Å². The van der Waals surface area contributed by atoms with E-state index in [9.17, 15) is 9.59 Å². The van der Waals surface area contributed by atoms with Crippen molar-refractivity contribution >= 4 is 11.9 Å². The van der Waals surface area contributed by atoms with Gasteiger partial charge in [-0.2, -0.15) is 0 Å². The smallest absolute Gasteiger partial charge is 0.327 e. The first kappa shape index (κ1) is 17.7. The van der Waals surface area contributed by atoms with Crippen LogP contribution in [0.2, 0.25) is 0 Å². The molecule has 0 atom stereocenters. The highest BCUT2D eigenvalue weighted by Gasteiger charge is 2.22. The van der Waals surface area contributed by atoms with Crippen molar-refractivity contribution < 1.29 is 19.4 Å². The number of carbonyl (C=O) groups is 2. The molecule has 0 aromatic rings. The van der Waals surface area contributed by atoms with Crippen LogP contribution in [0.4, 0.5) is 0 Å². The van der Waals surface area contributed by atoms with Gasteiger partial charge in [0.15, 0.2) is 0 Å². The molecule has 0 aliphatic heterocycles. The number of hydrogen-bond donors (Lipinski definition) is 2. The zero-order valence-electron chi connectivity index (χ0n) is 13.2. The molecule has 0 saturated heterocycles. The minimum absolute atomic E-state index is 0.214. The van der Waals surface area contributed by atoms with Gasteiger partial charge >= 0.3 is 11.9 Å². The third-order valence-electron chi connectivity index (χ3n) is 3.53. The largest absolute Gasteiger partial charge is 0.478 e. The number of carboxylic acids is 1. The summed E-state index contributed by atoms with van der Waals surface area (Å²) in [6.07, 6.45) is 7.95. The van der Waals surface area contributed by atoms with Crippen LogP contribution < -0.4 is 5.32 Å². The molecular formula is C16H27NO4. The van der Waals surface area contributed by atoms with Gasteiger partial charge in [-0.3, -0.25) is 4.79 Å². The summed E-state index contributed by atoms with van der Waals surface area (Å²) in [5.41, 5.74) is -0.438. The molecule has 0 bridgehead atoms. The van der Waals surface area contributed by atoms with Crippen molar-refractivity contribution in [2.45, 2.75) is 64.5 Å². The maximum atomic E-state index is 11.6. The van der Waals surface area contributed by atoms with Gasteiger partial charge in [0, 0.05) is 12.1 Å². The van der Waals surface area contributed by atoms with Crippen molar-refractivity contribution in [3.63, 3.8) is 0 Å². The summed E-state index contributed by atoms with van der Waals surface area (Å²) < 4.78 is 5.26. The van der Waals surface area contributed by atoms with E-state index in [2.05, 4.69) is 5.32 Å². The molecule has 0 spiro atoms. The van der Waals surface area contributed by atoms with Crippen molar-refractivity contribution in [3.05, 3.63) is 12.2 Å². The maximum Gasteiger partial charge on any atom is 0.327 e. The lowest BCUT2D eigenvalue weighted by Gasteiger charge is -2.29.